The number of nitrogens with zero attached hydrogens (tertiary/aromatic N) is 1. The maximum absolute atomic E-state index is 11.6. The van der Waals surface area contributed by atoms with Crippen LogP contribution in [0.2, 0.25) is 0 Å². The summed E-state index contributed by atoms with van der Waals surface area (Å²) in [7, 11) is 3.42. The van der Waals surface area contributed by atoms with Crippen molar-refractivity contribution in [3.8, 4) is 0 Å². The van der Waals surface area contributed by atoms with Gasteiger partial charge in [-0.2, -0.15) is 0 Å². The smallest absolute Gasteiger partial charge is 0.251 e. The molecule has 5 heteroatoms. The maximum atomic E-state index is 11.6. The van der Waals surface area contributed by atoms with Gasteiger partial charge in [0.05, 0.1) is 0 Å². The van der Waals surface area contributed by atoms with E-state index in [1.54, 1.807) is 14.1 Å². The number of aliphatic imine (C=N–C) groups is 1. The monoisotopic (exact) mass is 318 g/mol. The van der Waals surface area contributed by atoms with Crippen molar-refractivity contribution in [3.05, 3.63) is 35.4 Å². The van der Waals surface area contributed by atoms with Crippen molar-refractivity contribution in [1.82, 2.24) is 16.0 Å². The predicted molar refractivity (Wildman–Crippen MR) is 97.0 cm³/mol. The van der Waals surface area contributed by atoms with Gasteiger partial charge in [-0.1, -0.05) is 32.9 Å². The van der Waals surface area contributed by atoms with E-state index in [-0.39, 0.29) is 5.91 Å². The molecule has 0 bridgehead atoms. The summed E-state index contributed by atoms with van der Waals surface area (Å²) in [5.74, 6) is 0.760. The summed E-state index contributed by atoms with van der Waals surface area (Å²) < 4.78 is 0. The minimum absolute atomic E-state index is 0.0561. The SMILES string of the molecule is CN=C(NCCc1cccc(C(=O)NC)c1)NCCC(C)(C)C. The van der Waals surface area contributed by atoms with Crippen molar-refractivity contribution in [3.63, 3.8) is 0 Å². The Labute approximate surface area is 140 Å². The standard InChI is InChI=1S/C18H30N4O/c1-18(2,3)10-12-22-17(20-5)21-11-9-14-7-6-8-15(13-14)16(23)19-4/h6-8,13H,9-12H2,1-5H3,(H,19,23)(H2,20,21,22). The minimum atomic E-state index is -0.0561. The number of benzene rings is 1. The molecule has 1 aromatic rings. The minimum Gasteiger partial charge on any atom is -0.356 e. The third-order valence-electron chi connectivity index (χ3n) is 3.51. The van der Waals surface area contributed by atoms with Crippen LogP contribution < -0.4 is 16.0 Å². The van der Waals surface area contributed by atoms with Crippen LogP contribution in [0.4, 0.5) is 0 Å². The van der Waals surface area contributed by atoms with Crippen LogP contribution in [0, 0.1) is 5.41 Å². The first-order chi connectivity index (χ1) is 10.9. The Balaban J connectivity index is 2.41. The summed E-state index contributed by atoms with van der Waals surface area (Å²) in [6.07, 6.45) is 1.92. The van der Waals surface area contributed by atoms with Crippen LogP contribution in [0.25, 0.3) is 0 Å². The first kappa shape index (κ1) is 19.0. The maximum Gasteiger partial charge on any atom is 0.251 e. The molecule has 0 aliphatic carbocycles. The van der Waals surface area contributed by atoms with Crippen molar-refractivity contribution >= 4 is 11.9 Å². The molecule has 1 amide bonds. The molecule has 23 heavy (non-hydrogen) atoms. The summed E-state index contributed by atoms with van der Waals surface area (Å²) in [4.78, 5) is 15.9. The topological polar surface area (TPSA) is 65.5 Å². The average molecular weight is 318 g/mol. The lowest BCUT2D eigenvalue weighted by molar-refractivity contribution is 0.0963. The summed E-state index contributed by atoms with van der Waals surface area (Å²) in [6.45, 7) is 8.35. The molecule has 0 heterocycles. The zero-order chi connectivity index (χ0) is 17.3. The fraction of sp³-hybridized carbons (Fsp3) is 0.556. The van der Waals surface area contributed by atoms with Gasteiger partial charge in [-0.05, 0) is 36.0 Å². The third-order valence-corrected chi connectivity index (χ3v) is 3.51. The second-order valence-corrected chi connectivity index (χ2v) is 6.77. The van der Waals surface area contributed by atoms with E-state index < -0.39 is 0 Å². The molecule has 1 rings (SSSR count). The van der Waals surface area contributed by atoms with Gasteiger partial charge in [0.1, 0.15) is 0 Å². The number of amides is 1. The lowest BCUT2D eigenvalue weighted by Crippen LogP contribution is -2.39. The van der Waals surface area contributed by atoms with Gasteiger partial charge < -0.3 is 16.0 Å². The molecule has 0 saturated heterocycles. The Morgan fingerprint density at radius 1 is 1.17 bits per heavy atom. The first-order valence-electron chi connectivity index (χ1n) is 8.11. The third kappa shape index (κ3) is 7.68. The van der Waals surface area contributed by atoms with Gasteiger partial charge in [0.2, 0.25) is 0 Å². The van der Waals surface area contributed by atoms with Gasteiger partial charge in [-0.25, -0.2) is 0 Å². The number of nitrogens with one attached hydrogen (secondary N) is 3. The molecule has 3 N–H and O–H groups in total. The van der Waals surface area contributed by atoms with Crippen LogP contribution in [0.15, 0.2) is 29.3 Å². The molecule has 0 spiro atoms. The van der Waals surface area contributed by atoms with E-state index in [0.29, 0.717) is 11.0 Å². The zero-order valence-electron chi connectivity index (χ0n) is 15.0. The van der Waals surface area contributed by atoms with Crippen LogP contribution in [-0.4, -0.2) is 39.1 Å². The molecule has 1 aromatic carbocycles. The van der Waals surface area contributed by atoms with Gasteiger partial charge in [-0.15, -0.1) is 0 Å². The van der Waals surface area contributed by atoms with Crippen molar-refractivity contribution in [2.75, 3.05) is 27.2 Å². The predicted octanol–water partition coefficient (Wildman–Crippen LogP) is 2.19. The van der Waals surface area contributed by atoms with Gasteiger partial charge in [-0.3, -0.25) is 9.79 Å². The lowest BCUT2D eigenvalue weighted by Gasteiger charge is -2.19. The lowest BCUT2D eigenvalue weighted by atomic mass is 9.92. The molecule has 0 aromatic heterocycles. The van der Waals surface area contributed by atoms with E-state index in [1.807, 2.05) is 24.3 Å². The molecule has 0 atom stereocenters. The van der Waals surface area contributed by atoms with Crippen molar-refractivity contribution in [2.24, 2.45) is 10.4 Å². The van der Waals surface area contributed by atoms with Crippen LogP contribution in [0.5, 0.6) is 0 Å². The van der Waals surface area contributed by atoms with E-state index in [2.05, 4.69) is 41.7 Å². The molecule has 0 saturated carbocycles. The largest absolute Gasteiger partial charge is 0.356 e. The van der Waals surface area contributed by atoms with Gasteiger partial charge >= 0.3 is 0 Å². The molecule has 0 unspecified atom stereocenters. The number of rotatable bonds is 6. The van der Waals surface area contributed by atoms with Crippen LogP contribution >= 0.6 is 0 Å². The van der Waals surface area contributed by atoms with Crippen molar-refractivity contribution in [1.29, 1.82) is 0 Å². The first-order valence-corrected chi connectivity index (χ1v) is 8.11. The Hall–Kier alpha value is -2.04. The van der Waals surface area contributed by atoms with E-state index >= 15 is 0 Å². The molecule has 0 aliphatic heterocycles. The molecule has 0 fully saturated rings. The van der Waals surface area contributed by atoms with Crippen molar-refractivity contribution < 1.29 is 4.79 Å². The Bertz CT molecular complexity index is 532. The highest BCUT2D eigenvalue weighted by atomic mass is 16.1. The Kier molecular flexibility index (Phi) is 7.59. The summed E-state index contributed by atoms with van der Waals surface area (Å²) in [6, 6.07) is 7.69. The van der Waals surface area contributed by atoms with E-state index in [1.165, 1.54) is 0 Å². The van der Waals surface area contributed by atoms with Gasteiger partial charge in [0.25, 0.3) is 5.91 Å². The molecular weight excluding hydrogens is 288 g/mol. The second kappa shape index (κ2) is 9.18. The normalized spacial score (nSPS) is 12.0. The molecule has 0 radical (unpaired) electrons. The summed E-state index contributed by atoms with van der Waals surface area (Å²) in [5, 5.41) is 9.27. The molecule has 0 aliphatic rings. The number of hydrogen-bond acceptors (Lipinski definition) is 2. The van der Waals surface area contributed by atoms with Crippen LogP contribution in [0.1, 0.15) is 43.1 Å². The summed E-state index contributed by atoms with van der Waals surface area (Å²) in [5.41, 5.74) is 2.13. The zero-order valence-corrected chi connectivity index (χ0v) is 15.0. The fourth-order valence-corrected chi connectivity index (χ4v) is 2.11. The Morgan fingerprint density at radius 3 is 2.48 bits per heavy atom. The van der Waals surface area contributed by atoms with Crippen LogP contribution in [0.3, 0.4) is 0 Å². The molecule has 128 valence electrons. The number of guanidine groups is 1. The fourth-order valence-electron chi connectivity index (χ4n) is 2.11. The summed E-state index contributed by atoms with van der Waals surface area (Å²) >= 11 is 0. The highest BCUT2D eigenvalue weighted by Crippen LogP contribution is 2.16. The van der Waals surface area contributed by atoms with E-state index in [0.717, 1.165) is 37.5 Å². The highest BCUT2D eigenvalue weighted by Gasteiger charge is 2.09. The van der Waals surface area contributed by atoms with Gasteiger partial charge in [0.15, 0.2) is 5.96 Å². The number of carbonyl (C=O) groups excluding carboxylic acids is 1. The van der Waals surface area contributed by atoms with Gasteiger partial charge in [0, 0.05) is 32.7 Å². The average Bonchev–Trinajstić information content (AvgIpc) is 2.51. The number of carbonyl (C=O) groups is 1. The quantitative estimate of drug-likeness (QED) is 0.556. The molecule has 5 nitrogen and oxygen atoms in total. The molecular formula is C18H30N4O. The number of hydrogen-bond donors (Lipinski definition) is 3. The van der Waals surface area contributed by atoms with Crippen molar-refractivity contribution in [2.45, 2.75) is 33.6 Å². The van der Waals surface area contributed by atoms with E-state index in [4.69, 9.17) is 0 Å². The van der Waals surface area contributed by atoms with E-state index in [9.17, 15) is 4.79 Å². The van der Waals surface area contributed by atoms with Crippen LogP contribution in [-0.2, 0) is 6.42 Å². The Morgan fingerprint density at radius 2 is 1.87 bits per heavy atom. The second-order valence-electron chi connectivity index (χ2n) is 6.77. The highest BCUT2D eigenvalue weighted by molar-refractivity contribution is 5.94.